The fraction of sp³-hybridized carbons (Fsp3) is 0.125. The summed E-state index contributed by atoms with van der Waals surface area (Å²) in [6, 6.07) is 14.3. The van der Waals surface area contributed by atoms with Crippen molar-refractivity contribution in [3.8, 4) is 21.5 Å². The van der Waals surface area contributed by atoms with Crippen molar-refractivity contribution in [2.45, 2.75) is 0 Å². The van der Waals surface area contributed by atoms with Crippen molar-refractivity contribution < 1.29 is 9.47 Å². The van der Waals surface area contributed by atoms with E-state index in [1.54, 1.807) is 14.2 Å². The van der Waals surface area contributed by atoms with Crippen molar-refractivity contribution in [1.82, 2.24) is 0 Å². The van der Waals surface area contributed by atoms with Crippen molar-refractivity contribution in [3.63, 3.8) is 0 Å². The van der Waals surface area contributed by atoms with Gasteiger partial charge in [0.25, 0.3) is 0 Å². The van der Waals surface area contributed by atoms with Crippen LogP contribution in [0.3, 0.4) is 0 Å². The third-order valence-corrected chi connectivity index (χ3v) is 5.81. The van der Waals surface area contributed by atoms with E-state index in [-0.39, 0.29) is 14.5 Å². The minimum absolute atomic E-state index is 0.280. The number of ether oxygens (including phenoxy) is 2. The second-order valence-corrected chi connectivity index (χ2v) is 7.07. The first kappa shape index (κ1) is 13.6. The minimum atomic E-state index is 0.280. The van der Waals surface area contributed by atoms with Gasteiger partial charge in [0.1, 0.15) is 0 Å². The third-order valence-electron chi connectivity index (χ3n) is 3.15. The molecule has 0 fully saturated rings. The van der Waals surface area contributed by atoms with Crippen LogP contribution in [-0.2, 0) is 0 Å². The molecular weight excluding hydrogens is 339 g/mol. The summed E-state index contributed by atoms with van der Waals surface area (Å²) in [7, 11) is 3.33. The first-order chi connectivity index (χ1) is 9.71. The molecule has 0 amide bonds. The first-order valence-electron chi connectivity index (χ1n) is 6.13. The second kappa shape index (κ2) is 5.53. The molecule has 0 unspecified atom stereocenters. The van der Waals surface area contributed by atoms with Crippen LogP contribution in [0.4, 0.5) is 0 Å². The summed E-state index contributed by atoms with van der Waals surface area (Å²) in [6.07, 6.45) is 0. The zero-order valence-corrected chi connectivity index (χ0v) is 13.6. The second-order valence-electron chi connectivity index (χ2n) is 4.36. The van der Waals surface area contributed by atoms with Gasteiger partial charge in [-0.1, -0.05) is 0 Å². The van der Waals surface area contributed by atoms with Crippen LogP contribution < -0.4 is 9.47 Å². The van der Waals surface area contributed by atoms with Gasteiger partial charge in [-0.15, -0.1) is 0 Å². The van der Waals surface area contributed by atoms with Crippen LogP contribution in [0, 0.1) is 0 Å². The van der Waals surface area contributed by atoms with Gasteiger partial charge >= 0.3 is 128 Å². The van der Waals surface area contributed by atoms with Gasteiger partial charge in [-0.3, -0.25) is 0 Å². The fourth-order valence-electron chi connectivity index (χ4n) is 2.12. The molecule has 0 aliphatic rings. The normalized spacial score (nSPS) is 10.8. The average Bonchev–Trinajstić information content (AvgIpc) is 2.89. The average molecular weight is 352 g/mol. The van der Waals surface area contributed by atoms with Crippen molar-refractivity contribution in [2.24, 2.45) is 0 Å². The van der Waals surface area contributed by atoms with Gasteiger partial charge in [0.2, 0.25) is 0 Å². The summed E-state index contributed by atoms with van der Waals surface area (Å²) in [6.45, 7) is 0. The molecule has 0 radical (unpaired) electrons. The van der Waals surface area contributed by atoms with Gasteiger partial charge in [0.05, 0.1) is 0 Å². The molecule has 102 valence electrons. The summed E-state index contributed by atoms with van der Waals surface area (Å²) in [5.74, 6) is 1.56. The van der Waals surface area contributed by atoms with E-state index in [0.717, 1.165) is 16.5 Å². The number of benzene rings is 2. The summed E-state index contributed by atoms with van der Waals surface area (Å²) in [5, 5.41) is 1.98. The number of halogens is 1. The zero-order chi connectivity index (χ0) is 14.1. The molecule has 20 heavy (non-hydrogen) atoms. The summed E-state index contributed by atoms with van der Waals surface area (Å²) in [4.78, 5) is 0. The molecule has 0 saturated heterocycles. The Morgan fingerprint density at radius 1 is 0.900 bits per heavy atom. The monoisotopic (exact) mass is 352 g/mol. The molecule has 1 aromatic heterocycles. The predicted molar refractivity (Wildman–Crippen MR) is 84.4 cm³/mol. The Morgan fingerprint density at radius 3 is 2.20 bits per heavy atom. The van der Waals surface area contributed by atoms with Crippen molar-refractivity contribution in [3.05, 3.63) is 47.5 Å². The molecule has 3 rings (SSSR count). The Bertz CT molecular complexity index is 706. The summed E-state index contributed by atoms with van der Waals surface area (Å²) < 4.78 is 13.4. The molecule has 4 heteroatoms. The van der Waals surface area contributed by atoms with E-state index in [2.05, 4.69) is 24.3 Å². The molecule has 0 atom stereocenters. The van der Waals surface area contributed by atoms with Crippen LogP contribution in [-0.4, -0.2) is 28.7 Å². The SMILES string of the molecule is COc1cc2cc(-c3ccc(Cl)cc3)[se]c2cc1OC. The molecule has 2 nitrogen and oxygen atoms in total. The third kappa shape index (κ3) is 2.45. The number of hydrogen-bond donors (Lipinski definition) is 0. The Morgan fingerprint density at radius 2 is 1.55 bits per heavy atom. The molecule has 0 aliphatic heterocycles. The molecule has 3 aromatic rings. The van der Waals surface area contributed by atoms with Crippen molar-refractivity contribution >= 4 is 35.8 Å². The molecule has 0 aliphatic carbocycles. The van der Waals surface area contributed by atoms with Gasteiger partial charge in [-0.05, 0) is 0 Å². The maximum atomic E-state index is 5.94. The predicted octanol–water partition coefficient (Wildman–Crippen LogP) is 4.23. The summed E-state index contributed by atoms with van der Waals surface area (Å²) >= 11 is 6.22. The molecule has 0 bridgehead atoms. The number of rotatable bonds is 3. The van der Waals surface area contributed by atoms with E-state index in [1.165, 1.54) is 19.6 Å². The van der Waals surface area contributed by atoms with Crippen LogP contribution in [0.15, 0.2) is 42.5 Å². The van der Waals surface area contributed by atoms with Crippen LogP contribution >= 0.6 is 11.6 Å². The fourth-order valence-corrected chi connectivity index (χ4v) is 4.51. The molecule has 0 N–H and O–H groups in total. The molecular formula is C16H13ClO2Se. The van der Waals surface area contributed by atoms with Crippen LogP contribution in [0.1, 0.15) is 0 Å². The first-order valence-corrected chi connectivity index (χ1v) is 8.22. The Hall–Kier alpha value is -1.41. The van der Waals surface area contributed by atoms with Crippen molar-refractivity contribution in [1.29, 1.82) is 0 Å². The number of hydrogen-bond acceptors (Lipinski definition) is 2. The Labute approximate surface area is 128 Å². The van der Waals surface area contributed by atoms with Gasteiger partial charge < -0.3 is 0 Å². The van der Waals surface area contributed by atoms with Crippen molar-refractivity contribution in [2.75, 3.05) is 14.2 Å². The van der Waals surface area contributed by atoms with Crippen LogP contribution in [0.5, 0.6) is 11.5 Å². The van der Waals surface area contributed by atoms with Gasteiger partial charge in [-0.2, -0.15) is 0 Å². The van der Waals surface area contributed by atoms with Gasteiger partial charge in [0.15, 0.2) is 0 Å². The maximum absolute atomic E-state index is 5.94. The molecule has 1 heterocycles. The van der Waals surface area contributed by atoms with Crippen LogP contribution in [0.25, 0.3) is 19.6 Å². The zero-order valence-electron chi connectivity index (χ0n) is 11.1. The van der Waals surface area contributed by atoms with E-state index >= 15 is 0 Å². The molecule has 0 spiro atoms. The van der Waals surface area contributed by atoms with E-state index in [0.29, 0.717) is 0 Å². The number of methoxy groups -OCH3 is 2. The van der Waals surface area contributed by atoms with E-state index in [9.17, 15) is 0 Å². The van der Waals surface area contributed by atoms with Crippen LogP contribution in [0.2, 0.25) is 5.02 Å². The number of fused-ring (bicyclic) bond motifs is 1. The van der Waals surface area contributed by atoms with E-state index < -0.39 is 0 Å². The molecule has 0 saturated carbocycles. The standard InChI is InChI=1S/C16H13ClO2Se/c1-18-13-7-11-8-15(10-3-5-12(17)6-4-10)20-16(11)9-14(13)19-2/h3-9H,1-2H3. The van der Waals surface area contributed by atoms with E-state index in [4.69, 9.17) is 21.1 Å². The Kier molecular flexibility index (Phi) is 3.75. The van der Waals surface area contributed by atoms with Gasteiger partial charge in [-0.25, -0.2) is 0 Å². The van der Waals surface area contributed by atoms with E-state index in [1.807, 2.05) is 18.2 Å². The molecule has 2 aromatic carbocycles. The topological polar surface area (TPSA) is 18.5 Å². The summed E-state index contributed by atoms with van der Waals surface area (Å²) in [5.41, 5.74) is 1.23. The van der Waals surface area contributed by atoms with Gasteiger partial charge in [0, 0.05) is 0 Å². The quantitative estimate of drug-likeness (QED) is 0.657. The Balaban J connectivity index is 2.12.